The summed E-state index contributed by atoms with van der Waals surface area (Å²) in [6.07, 6.45) is -1.14. The van der Waals surface area contributed by atoms with E-state index in [1.165, 1.54) is 12.1 Å². The molecule has 6 rings (SSSR count). The third-order valence-electron chi connectivity index (χ3n) is 8.20. The van der Waals surface area contributed by atoms with Crippen molar-refractivity contribution in [3.8, 4) is 0 Å². The third kappa shape index (κ3) is 6.98. The lowest BCUT2D eigenvalue weighted by atomic mass is 10.0. The highest BCUT2D eigenvalue weighted by Crippen LogP contribution is 2.36. The van der Waals surface area contributed by atoms with Crippen LogP contribution in [0.15, 0.2) is 72.9 Å². The molecule has 4 aromatic rings. The van der Waals surface area contributed by atoms with Gasteiger partial charge in [0.15, 0.2) is 0 Å². The first-order valence-corrected chi connectivity index (χ1v) is 15.1. The number of fused-ring (bicyclic) bond motifs is 1. The number of carbonyl (C=O) groups is 2. The van der Waals surface area contributed by atoms with E-state index in [-0.39, 0.29) is 23.6 Å². The molecule has 3 aromatic carbocycles. The van der Waals surface area contributed by atoms with Crippen molar-refractivity contribution in [3.05, 3.63) is 101 Å². The quantitative estimate of drug-likeness (QED) is 0.198. The van der Waals surface area contributed by atoms with Gasteiger partial charge in [0.2, 0.25) is 0 Å². The SMILES string of the molecule is CCN1CCN(Cc2ccc(C(=O)Nc3cccc(Nc4ccc5c(c4)NC(=O)C5=Cn4ccc(C)n4)c3)cc2C(F)(F)F)CC1. The summed E-state index contributed by atoms with van der Waals surface area (Å²) in [6.45, 7) is 8.07. The first-order chi connectivity index (χ1) is 22.1. The van der Waals surface area contributed by atoms with Gasteiger partial charge in [0, 0.05) is 73.3 Å². The molecule has 238 valence electrons. The zero-order valence-corrected chi connectivity index (χ0v) is 25.5. The molecule has 12 heteroatoms. The maximum Gasteiger partial charge on any atom is 0.416 e. The number of nitrogens with one attached hydrogen (secondary N) is 3. The van der Waals surface area contributed by atoms with Crippen molar-refractivity contribution in [2.75, 3.05) is 48.7 Å². The van der Waals surface area contributed by atoms with Crippen LogP contribution >= 0.6 is 0 Å². The number of anilines is 4. The first-order valence-electron chi connectivity index (χ1n) is 15.1. The van der Waals surface area contributed by atoms with Gasteiger partial charge in [0.05, 0.1) is 22.5 Å². The van der Waals surface area contributed by atoms with Crippen molar-refractivity contribution < 1.29 is 22.8 Å². The van der Waals surface area contributed by atoms with E-state index in [2.05, 4.69) is 32.9 Å². The van der Waals surface area contributed by atoms with E-state index < -0.39 is 17.6 Å². The molecule has 1 fully saturated rings. The second-order valence-electron chi connectivity index (χ2n) is 11.4. The molecule has 0 radical (unpaired) electrons. The maximum absolute atomic E-state index is 14.1. The number of likely N-dealkylation sites (N-methyl/N-ethyl adjacent to an activating group) is 1. The van der Waals surface area contributed by atoms with E-state index in [4.69, 9.17) is 0 Å². The monoisotopic (exact) mass is 629 g/mol. The average Bonchev–Trinajstić information content (AvgIpc) is 3.58. The molecule has 3 heterocycles. The van der Waals surface area contributed by atoms with Gasteiger partial charge in [0.25, 0.3) is 11.8 Å². The zero-order chi connectivity index (χ0) is 32.4. The van der Waals surface area contributed by atoms with E-state index in [0.29, 0.717) is 41.4 Å². The van der Waals surface area contributed by atoms with Crippen LogP contribution in [0, 0.1) is 6.92 Å². The van der Waals surface area contributed by atoms with Crippen molar-refractivity contribution in [1.29, 1.82) is 0 Å². The lowest BCUT2D eigenvalue weighted by Crippen LogP contribution is -2.45. The number of alkyl halides is 3. The molecular weight excluding hydrogens is 595 g/mol. The van der Waals surface area contributed by atoms with E-state index in [1.54, 1.807) is 47.4 Å². The highest BCUT2D eigenvalue weighted by atomic mass is 19.4. The fourth-order valence-electron chi connectivity index (χ4n) is 5.71. The van der Waals surface area contributed by atoms with Crippen LogP contribution in [0.5, 0.6) is 0 Å². The summed E-state index contributed by atoms with van der Waals surface area (Å²) in [6, 6.07) is 18.0. The minimum Gasteiger partial charge on any atom is -0.355 e. The van der Waals surface area contributed by atoms with Gasteiger partial charge in [-0.2, -0.15) is 18.3 Å². The van der Waals surface area contributed by atoms with Gasteiger partial charge < -0.3 is 20.9 Å². The second kappa shape index (κ2) is 12.8. The standard InChI is InChI=1S/C34H34F3N7O2/c1-3-42-13-15-43(16-14-42)20-24-8-7-23(17-30(24)34(35,36)37)32(45)39-26-6-4-5-25(18-26)38-27-9-10-28-29(33(46)40-31(28)19-27)21-44-12-11-22(2)41-44/h4-12,17-19,21,38H,3,13-16,20H2,1-2H3,(H,39,45)(H,40,46). The molecule has 2 aliphatic heterocycles. The van der Waals surface area contributed by atoms with Crippen molar-refractivity contribution >= 4 is 46.3 Å². The van der Waals surface area contributed by atoms with Crippen LogP contribution in [-0.2, 0) is 17.5 Å². The summed E-state index contributed by atoms with van der Waals surface area (Å²) < 4.78 is 43.8. The Kier molecular flexibility index (Phi) is 8.65. The van der Waals surface area contributed by atoms with Crippen LogP contribution in [0.1, 0.15) is 39.7 Å². The number of piperazine rings is 1. The van der Waals surface area contributed by atoms with Gasteiger partial charge >= 0.3 is 6.18 Å². The Morgan fingerprint density at radius 1 is 0.957 bits per heavy atom. The second-order valence-corrected chi connectivity index (χ2v) is 11.4. The van der Waals surface area contributed by atoms with Gasteiger partial charge in [-0.1, -0.05) is 19.1 Å². The number of benzene rings is 3. The van der Waals surface area contributed by atoms with Gasteiger partial charge in [-0.15, -0.1) is 0 Å². The topological polar surface area (TPSA) is 94.5 Å². The average molecular weight is 630 g/mol. The number of aromatic nitrogens is 2. The minimum atomic E-state index is -4.59. The Labute approximate surface area is 264 Å². The summed E-state index contributed by atoms with van der Waals surface area (Å²) in [5.41, 5.74) is 3.74. The van der Waals surface area contributed by atoms with Crippen LogP contribution in [0.3, 0.4) is 0 Å². The van der Waals surface area contributed by atoms with Gasteiger partial charge in [0.1, 0.15) is 0 Å². The summed E-state index contributed by atoms with van der Waals surface area (Å²) in [5.74, 6) is -0.876. The fourth-order valence-corrected chi connectivity index (χ4v) is 5.71. The molecule has 2 amide bonds. The van der Waals surface area contributed by atoms with E-state index in [9.17, 15) is 22.8 Å². The summed E-state index contributed by atoms with van der Waals surface area (Å²) >= 11 is 0. The van der Waals surface area contributed by atoms with Crippen LogP contribution in [0.2, 0.25) is 0 Å². The first kappa shape index (κ1) is 31.1. The summed E-state index contributed by atoms with van der Waals surface area (Å²) in [5, 5.41) is 13.2. The summed E-state index contributed by atoms with van der Waals surface area (Å²) in [4.78, 5) is 30.0. The van der Waals surface area contributed by atoms with E-state index in [1.807, 2.05) is 30.0 Å². The highest BCUT2D eigenvalue weighted by Gasteiger charge is 2.35. The van der Waals surface area contributed by atoms with Crippen molar-refractivity contribution in [3.63, 3.8) is 0 Å². The number of rotatable bonds is 8. The lowest BCUT2D eigenvalue weighted by Gasteiger charge is -2.34. The number of halogens is 3. The molecule has 1 saturated heterocycles. The molecule has 3 N–H and O–H groups in total. The predicted octanol–water partition coefficient (Wildman–Crippen LogP) is 6.29. The van der Waals surface area contributed by atoms with Crippen molar-refractivity contribution in [1.82, 2.24) is 19.6 Å². The Hall–Kier alpha value is -4.94. The lowest BCUT2D eigenvalue weighted by molar-refractivity contribution is -0.138. The number of aryl methyl sites for hydroxylation is 1. The molecule has 2 aliphatic rings. The van der Waals surface area contributed by atoms with Crippen LogP contribution < -0.4 is 16.0 Å². The number of amides is 2. The molecule has 0 saturated carbocycles. The number of hydrogen-bond donors (Lipinski definition) is 3. The predicted molar refractivity (Wildman–Crippen MR) is 173 cm³/mol. The van der Waals surface area contributed by atoms with E-state index in [0.717, 1.165) is 37.0 Å². The molecule has 0 bridgehead atoms. The summed E-state index contributed by atoms with van der Waals surface area (Å²) in [7, 11) is 0. The molecule has 46 heavy (non-hydrogen) atoms. The van der Waals surface area contributed by atoms with Crippen molar-refractivity contribution in [2.24, 2.45) is 0 Å². The maximum atomic E-state index is 14.1. The molecule has 9 nitrogen and oxygen atoms in total. The third-order valence-corrected chi connectivity index (χ3v) is 8.20. The van der Waals surface area contributed by atoms with Gasteiger partial charge in [-0.05, 0) is 73.6 Å². The molecule has 0 unspecified atom stereocenters. The Bertz CT molecular complexity index is 1810. The zero-order valence-electron chi connectivity index (χ0n) is 25.5. The highest BCUT2D eigenvalue weighted by molar-refractivity contribution is 6.34. The Balaban J connectivity index is 1.14. The molecule has 0 spiro atoms. The van der Waals surface area contributed by atoms with E-state index >= 15 is 0 Å². The normalized spacial score (nSPS) is 16.4. The molecular formula is C34H34F3N7O2. The largest absolute Gasteiger partial charge is 0.416 e. The number of nitrogens with zero attached hydrogens (tertiary/aromatic N) is 4. The smallest absolute Gasteiger partial charge is 0.355 e. The van der Waals surface area contributed by atoms with Gasteiger partial charge in [-0.25, -0.2) is 4.68 Å². The van der Waals surface area contributed by atoms with Crippen LogP contribution in [-0.4, -0.2) is 64.1 Å². The molecule has 1 aromatic heterocycles. The number of hydrogen-bond acceptors (Lipinski definition) is 6. The van der Waals surface area contributed by atoms with Gasteiger partial charge in [-0.3, -0.25) is 14.5 Å². The van der Waals surface area contributed by atoms with Crippen molar-refractivity contribution in [2.45, 2.75) is 26.6 Å². The van der Waals surface area contributed by atoms with Crippen LogP contribution in [0.4, 0.5) is 35.9 Å². The molecule has 0 aliphatic carbocycles. The number of carbonyl (C=O) groups excluding carboxylic acids is 2. The fraction of sp³-hybridized carbons (Fsp3) is 0.265. The minimum absolute atomic E-state index is 0.0752. The van der Waals surface area contributed by atoms with Crippen LogP contribution in [0.25, 0.3) is 11.8 Å². The Morgan fingerprint density at radius 2 is 1.70 bits per heavy atom. The Morgan fingerprint density at radius 3 is 2.41 bits per heavy atom. The molecule has 0 atom stereocenters.